The van der Waals surface area contributed by atoms with Crippen molar-refractivity contribution in [2.45, 2.75) is 11.0 Å². The summed E-state index contributed by atoms with van der Waals surface area (Å²) in [6.45, 7) is 0. The maximum atomic E-state index is 12.0. The van der Waals surface area contributed by atoms with Crippen LogP contribution in [0.1, 0.15) is 5.56 Å². The van der Waals surface area contributed by atoms with Crippen LogP contribution < -0.4 is 15.1 Å². The lowest BCUT2D eigenvalue weighted by Crippen LogP contribution is -2.02. The minimum Gasteiger partial charge on any atom is -0.497 e. The molecule has 0 saturated carbocycles. The number of benzene rings is 2. The molecule has 1 aromatic heterocycles. The van der Waals surface area contributed by atoms with E-state index in [-0.39, 0.29) is 0 Å². The molecule has 2 aromatic carbocycles. The summed E-state index contributed by atoms with van der Waals surface area (Å²) in [5.41, 5.74) is 1.26. The van der Waals surface area contributed by atoms with Crippen LogP contribution in [0.3, 0.4) is 0 Å². The highest BCUT2D eigenvalue weighted by Crippen LogP contribution is 2.24. The van der Waals surface area contributed by atoms with Crippen LogP contribution in [0.4, 0.5) is 0 Å². The molecule has 0 fully saturated rings. The average Bonchev–Trinajstić information content (AvgIpc) is 2.60. The summed E-state index contributed by atoms with van der Waals surface area (Å²) in [4.78, 5) is 16.4. The Morgan fingerprint density at radius 3 is 2.43 bits per heavy atom. The third kappa shape index (κ3) is 3.48. The molecule has 5 nitrogen and oxygen atoms in total. The standard InChI is InChI=1S/C17H15NO4S/c1-20-12-5-3-11(4-6-12)10-23-17-18-15-9-13(21-2)7-8-14(15)16(19)22-17/h3-9H,10H2,1-2H3. The molecule has 0 N–H and O–H groups in total. The number of hydrogen-bond donors (Lipinski definition) is 0. The van der Waals surface area contributed by atoms with Crippen LogP contribution in [0.5, 0.6) is 11.5 Å². The van der Waals surface area contributed by atoms with Gasteiger partial charge in [-0.2, -0.15) is 0 Å². The zero-order chi connectivity index (χ0) is 16.2. The molecule has 0 unspecified atom stereocenters. The second-order valence-corrected chi connectivity index (χ2v) is 5.71. The van der Waals surface area contributed by atoms with E-state index in [1.54, 1.807) is 32.4 Å². The Morgan fingerprint density at radius 1 is 1.04 bits per heavy atom. The van der Waals surface area contributed by atoms with Gasteiger partial charge in [0, 0.05) is 11.8 Å². The average molecular weight is 329 g/mol. The molecular formula is C17H15NO4S. The van der Waals surface area contributed by atoms with Gasteiger partial charge in [0.15, 0.2) is 0 Å². The smallest absolute Gasteiger partial charge is 0.347 e. The lowest BCUT2D eigenvalue weighted by Gasteiger charge is -2.04. The summed E-state index contributed by atoms with van der Waals surface area (Å²) in [5.74, 6) is 2.11. The number of rotatable bonds is 5. The van der Waals surface area contributed by atoms with E-state index in [0.717, 1.165) is 11.3 Å². The molecule has 6 heteroatoms. The molecule has 0 aliphatic rings. The van der Waals surface area contributed by atoms with Gasteiger partial charge >= 0.3 is 5.63 Å². The molecule has 0 amide bonds. The van der Waals surface area contributed by atoms with Crippen LogP contribution in [-0.4, -0.2) is 19.2 Å². The van der Waals surface area contributed by atoms with E-state index < -0.39 is 5.63 Å². The van der Waals surface area contributed by atoms with Gasteiger partial charge in [0.05, 0.1) is 25.1 Å². The van der Waals surface area contributed by atoms with E-state index in [9.17, 15) is 4.79 Å². The first-order valence-corrected chi connectivity index (χ1v) is 7.93. The molecule has 0 atom stereocenters. The van der Waals surface area contributed by atoms with Crippen molar-refractivity contribution < 1.29 is 13.9 Å². The van der Waals surface area contributed by atoms with Crippen LogP contribution >= 0.6 is 11.8 Å². The van der Waals surface area contributed by atoms with Crippen molar-refractivity contribution in [3.63, 3.8) is 0 Å². The van der Waals surface area contributed by atoms with Gasteiger partial charge in [0.1, 0.15) is 11.5 Å². The second kappa shape index (κ2) is 6.75. The maximum absolute atomic E-state index is 12.0. The highest BCUT2D eigenvalue weighted by Gasteiger charge is 2.08. The van der Waals surface area contributed by atoms with Gasteiger partial charge in [0.2, 0.25) is 0 Å². The molecule has 0 bridgehead atoms. The number of fused-ring (bicyclic) bond motifs is 1. The largest absolute Gasteiger partial charge is 0.497 e. The fourth-order valence-corrected chi connectivity index (χ4v) is 2.87. The minimum absolute atomic E-state index is 0.339. The highest BCUT2D eigenvalue weighted by atomic mass is 32.2. The minimum atomic E-state index is -0.394. The van der Waals surface area contributed by atoms with Crippen molar-refractivity contribution in [1.29, 1.82) is 0 Å². The number of thioether (sulfide) groups is 1. The molecule has 0 aliphatic carbocycles. The topological polar surface area (TPSA) is 61.6 Å². The van der Waals surface area contributed by atoms with Crippen molar-refractivity contribution in [2.24, 2.45) is 0 Å². The summed E-state index contributed by atoms with van der Waals surface area (Å²) in [6.07, 6.45) is 0. The normalized spacial score (nSPS) is 10.7. The first kappa shape index (κ1) is 15.4. The Hall–Kier alpha value is -2.47. The van der Waals surface area contributed by atoms with Gasteiger partial charge in [-0.15, -0.1) is 0 Å². The van der Waals surface area contributed by atoms with Crippen molar-refractivity contribution in [3.8, 4) is 11.5 Å². The molecular weight excluding hydrogens is 314 g/mol. The third-order valence-electron chi connectivity index (χ3n) is 3.34. The Bertz CT molecular complexity index is 874. The molecule has 1 heterocycles. The van der Waals surface area contributed by atoms with E-state index >= 15 is 0 Å². The summed E-state index contributed by atoms with van der Waals surface area (Å²) >= 11 is 1.37. The predicted octanol–water partition coefficient (Wildman–Crippen LogP) is 3.50. The maximum Gasteiger partial charge on any atom is 0.347 e. The van der Waals surface area contributed by atoms with Crippen molar-refractivity contribution in [3.05, 3.63) is 58.4 Å². The van der Waals surface area contributed by atoms with Crippen LogP contribution in [0.25, 0.3) is 10.9 Å². The molecule has 23 heavy (non-hydrogen) atoms. The van der Waals surface area contributed by atoms with Gasteiger partial charge in [-0.05, 0) is 29.8 Å². The number of nitrogens with zero attached hydrogens (tertiary/aromatic N) is 1. The first-order chi connectivity index (χ1) is 11.2. The second-order valence-electron chi connectivity index (χ2n) is 4.79. The van der Waals surface area contributed by atoms with Crippen LogP contribution in [0, 0.1) is 0 Å². The zero-order valence-electron chi connectivity index (χ0n) is 12.7. The van der Waals surface area contributed by atoms with Gasteiger partial charge < -0.3 is 13.9 Å². The van der Waals surface area contributed by atoms with E-state index in [1.807, 2.05) is 24.3 Å². The van der Waals surface area contributed by atoms with E-state index in [4.69, 9.17) is 13.9 Å². The SMILES string of the molecule is COc1ccc(CSc2nc3cc(OC)ccc3c(=O)o2)cc1. The van der Waals surface area contributed by atoms with Gasteiger partial charge in [-0.25, -0.2) is 9.78 Å². The first-order valence-electron chi connectivity index (χ1n) is 6.94. The molecule has 0 aliphatic heterocycles. The Labute approximate surface area is 137 Å². The predicted molar refractivity (Wildman–Crippen MR) is 89.4 cm³/mol. The molecule has 3 rings (SSSR count). The fourth-order valence-electron chi connectivity index (χ4n) is 2.09. The van der Waals surface area contributed by atoms with Crippen molar-refractivity contribution >= 4 is 22.7 Å². The number of aromatic nitrogens is 1. The monoisotopic (exact) mass is 329 g/mol. The van der Waals surface area contributed by atoms with Gasteiger partial charge in [-0.3, -0.25) is 0 Å². The van der Waals surface area contributed by atoms with Crippen molar-refractivity contribution in [2.75, 3.05) is 14.2 Å². The van der Waals surface area contributed by atoms with Gasteiger partial charge in [0.25, 0.3) is 5.22 Å². The number of methoxy groups -OCH3 is 2. The van der Waals surface area contributed by atoms with Crippen LogP contribution in [0.15, 0.2) is 56.9 Å². The molecule has 0 spiro atoms. The molecule has 0 radical (unpaired) electrons. The Kier molecular flexibility index (Phi) is 4.52. The summed E-state index contributed by atoms with van der Waals surface area (Å²) in [5, 5.41) is 0.783. The third-order valence-corrected chi connectivity index (χ3v) is 4.24. The molecule has 0 saturated heterocycles. The van der Waals surface area contributed by atoms with E-state index in [0.29, 0.717) is 27.6 Å². The fraction of sp³-hybridized carbons (Fsp3) is 0.176. The molecule has 118 valence electrons. The summed E-state index contributed by atoms with van der Waals surface area (Å²) in [7, 11) is 3.21. The van der Waals surface area contributed by atoms with Crippen LogP contribution in [0.2, 0.25) is 0 Å². The quantitative estimate of drug-likeness (QED) is 0.668. The number of ether oxygens (including phenoxy) is 2. The zero-order valence-corrected chi connectivity index (χ0v) is 13.6. The van der Waals surface area contributed by atoms with E-state index in [2.05, 4.69) is 4.98 Å². The lowest BCUT2D eigenvalue weighted by molar-refractivity contribution is 0.399. The van der Waals surface area contributed by atoms with Crippen LogP contribution in [-0.2, 0) is 5.75 Å². The lowest BCUT2D eigenvalue weighted by atomic mass is 10.2. The Balaban J connectivity index is 1.83. The number of hydrogen-bond acceptors (Lipinski definition) is 6. The summed E-state index contributed by atoms with van der Waals surface area (Å²) in [6, 6.07) is 12.8. The summed E-state index contributed by atoms with van der Waals surface area (Å²) < 4.78 is 15.6. The Morgan fingerprint density at radius 2 is 1.74 bits per heavy atom. The molecule has 3 aromatic rings. The van der Waals surface area contributed by atoms with Crippen molar-refractivity contribution in [1.82, 2.24) is 4.98 Å². The van der Waals surface area contributed by atoms with E-state index in [1.165, 1.54) is 11.8 Å². The van der Waals surface area contributed by atoms with Gasteiger partial charge in [-0.1, -0.05) is 23.9 Å². The highest BCUT2D eigenvalue weighted by molar-refractivity contribution is 7.98.